The van der Waals surface area contributed by atoms with Gasteiger partial charge in [-0.25, -0.2) is 0 Å². The molecule has 116 valence electrons. The van der Waals surface area contributed by atoms with Crippen LogP contribution in [-0.4, -0.2) is 23.4 Å². The molecule has 3 nitrogen and oxygen atoms in total. The van der Waals surface area contributed by atoms with Crippen molar-refractivity contribution in [3.8, 4) is 0 Å². The number of amides is 1. The number of rotatable bonds is 4. The van der Waals surface area contributed by atoms with Gasteiger partial charge < -0.3 is 10.6 Å². The van der Waals surface area contributed by atoms with Crippen molar-refractivity contribution < 1.29 is 4.79 Å². The highest BCUT2D eigenvalue weighted by atomic mass is 32.1. The van der Waals surface area contributed by atoms with E-state index in [0.29, 0.717) is 23.8 Å². The summed E-state index contributed by atoms with van der Waals surface area (Å²) in [5, 5.41) is 2.08. The maximum Gasteiger partial charge on any atom is 0.226 e. The minimum Gasteiger partial charge on any atom is -0.338 e. The van der Waals surface area contributed by atoms with Crippen molar-refractivity contribution in [2.45, 2.75) is 51.6 Å². The van der Waals surface area contributed by atoms with Crippen LogP contribution in [-0.2, 0) is 11.3 Å². The van der Waals surface area contributed by atoms with E-state index in [-0.39, 0.29) is 5.92 Å². The highest BCUT2D eigenvalue weighted by Gasteiger charge is 2.41. The molecule has 1 aromatic heterocycles. The minimum absolute atomic E-state index is 0.208. The Balaban J connectivity index is 1.66. The van der Waals surface area contributed by atoms with Crippen molar-refractivity contribution in [3.63, 3.8) is 0 Å². The molecule has 2 N–H and O–H groups in total. The molecular weight excluding hydrogens is 280 g/mol. The van der Waals surface area contributed by atoms with E-state index in [4.69, 9.17) is 5.73 Å². The SMILES string of the molecule is CCN(Cc1cccs1)C(=O)C1CC2CCCC(C1)C2N. The Morgan fingerprint density at radius 3 is 2.67 bits per heavy atom. The van der Waals surface area contributed by atoms with Gasteiger partial charge in [0.1, 0.15) is 0 Å². The van der Waals surface area contributed by atoms with Gasteiger partial charge in [0.25, 0.3) is 0 Å². The lowest BCUT2D eigenvalue weighted by Crippen LogP contribution is -2.49. The fourth-order valence-corrected chi connectivity index (χ4v) is 4.90. The van der Waals surface area contributed by atoms with Crippen molar-refractivity contribution in [2.24, 2.45) is 23.5 Å². The number of carbonyl (C=O) groups is 1. The molecule has 0 radical (unpaired) electrons. The highest BCUT2D eigenvalue weighted by Crippen LogP contribution is 2.42. The second kappa shape index (κ2) is 6.49. The Morgan fingerprint density at radius 2 is 2.10 bits per heavy atom. The van der Waals surface area contributed by atoms with Gasteiger partial charge in [-0.15, -0.1) is 11.3 Å². The number of hydrogen-bond donors (Lipinski definition) is 1. The van der Waals surface area contributed by atoms with Crippen molar-refractivity contribution in [1.82, 2.24) is 4.90 Å². The first-order chi connectivity index (χ1) is 10.2. The number of hydrogen-bond acceptors (Lipinski definition) is 3. The number of fused-ring (bicyclic) bond motifs is 2. The standard InChI is InChI=1S/C17H26N2OS/c1-2-19(11-15-7-4-8-21-15)17(20)14-9-12-5-3-6-13(10-14)16(12)18/h4,7-8,12-14,16H,2-3,5-6,9-11,18H2,1H3. The summed E-state index contributed by atoms with van der Waals surface area (Å²) in [7, 11) is 0. The smallest absolute Gasteiger partial charge is 0.226 e. The van der Waals surface area contributed by atoms with Crippen LogP contribution in [0.4, 0.5) is 0 Å². The summed E-state index contributed by atoms with van der Waals surface area (Å²) in [5.74, 6) is 1.72. The quantitative estimate of drug-likeness (QED) is 0.928. The molecule has 1 amide bonds. The first-order valence-electron chi connectivity index (χ1n) is 8.25. The van der Waals surface area contributed by atoms with E-state index < -0.39 is 0 Å². The van der Waals surface area contributed by atoms with Crippen LogP contribution in [0.3, 0.4) is 0 Å². The average Bonchev–Trinajstić information content (AvgIpc) is 2.96. The lowest BCUT2D eigenvalue weighted by Gasteiger charge is -2.44. The molecule has 3 rings (SSSR count). The van der Waals surface area contributed by atoms with Crippen LogP contribution in [0.25, 0.3) is 0 Å². The molecule has 21 heavy (non-hydrogen) atoms. The normalized spacial score (nSPS) is 31.9. The molecule has 2 aliphatic carbocycles. The highest BCUT2D eigenvalue weighted by molar-refractivity contribution is 7.09. The third kappa shape index (κ3) is 3.16. The summed E-state index contributed by atoms with van der Waals surface area (Å²) in [5.41, 5.74) is 6.34. The fraction of sp³-hybridized carbons (Fsp3) is 0.706. The summed E-state index contributed by atoms with van der Waals surface area (Å²) in [6, 6.07) is 4.52. The van der Waals surface area contributed by atoms with E-state index in [0.717, 1.165) is 25.9 Å². The Morgan fingerprint density at radius 1 is 1.38 bits per heavy atom. The van der Waals surface area contributed by atoms with Gasteiger partial charge in [0.05, 0.1) is 6.54 Å². The largest absolute Gasteiger partial charge is 0.338 e. The second-order valence-electron chi connectivity index (χ2n) is 6.63. The van der Waals surface area contributed by atoms with Crippen molar-refractivity contribution in [2.75, 3.05) is 6.54 Å². The van der Waals surface area contributed by atoms with Gasteiger partial charge in [0, 0.05) is 23.4 Å². The van der Waals surface area contributed by atoms with Gasteiger partial charge in [-0.3, -0.25) is 4.79 Å². The minimum atomic E-state index is 0.208. The van der Waals surface area contributed by atoms with Crippen molar-refractivity contribution in [1.29, 1.82) is 0 Å². The van der Waals surface area contributed by atoms with E-state index >= 15 is 0 Å². The van der Waals surface area contributed by atoms with E-state index in [1.165, 1.54) is 24.1 Å². The van der Waals surface area contributed by atoms with Crippen LogP contribution in [0.1, 0.15) is 43.9 Å². The average molecular weight is 306 g/mol. The fourth-order valence-electron chi connectivity index (χ4n) is 4.19. The van der Waals surface area contributed by atoms with E-state index in [1.807, 2.05) is 4.90 Å². The van der Waals surface area contributed by atoms with Crippen molar-refractivity contribution >= 4 is 17.2 Å². The summed E-state index contributed by atoms with van der Waals surface area (Å²) in [6.45, 7) is 3.65. The Hall–Kier alpha value is -0.870. The number of carbonyl (C=O) groups excluding carboxylic acids is 1. The van der Waals surface area contributed by atoms with Gasteiger partial charge in [-0.05, 0) is 55.9 Å². The molecule has 2 bridgehead atoms. The molecule has 2 saturated carbocycles. The Labute approximate surface area is 131 Å². The molecule has 4 heteroatoms. The van der Waals surface area contributed by atoms with Gasteiger partial charge in [-0.1, -0.05) is 12.5 Å². The van der Waals surface area contributed by atoms with Gasteiger partial charge >= 0.3 is 0 Å². The zero-order valence-electron chi connectivity index (χ0n) is 12.8. The maximum absolute atomic E-state index is 12.9. The molecular formula is C17H26N2OS. The maximum atomic E-state index is 12.9. The molecule has 0 spiro atoms. The van der Waals surface area contributed by atoms with Gasteiger partial charge in [0.15, 0.2) is 0 Å². The van der Waals surface area contributed by atoms with Crippen LogP contribution in [0.2, 0.25) is 0 Å². The molecule has 0 saturated heterocycles. The predicted molar refractivity (Wildman–Crippen MR) is 86.9 cm³/mol. The topological polar surface area (TPSA) is 46.3 Å². The summed E-state index contributed by atoms with van der Waals surface area (Å²) in [4.78, 5) is 16.2. The summed E-state index contributed by atoms with van der Waals surface area (Å²) < 4.78 is 0. The molecule has 2 fully saturated rings. The number of nitrogens with two attached hydrogens (primary N) is 1. The molecule has 2 unspecified atom stereocenters. The van der Waals surface area contributed by atoms with E-state index in [9.17, 15) is 4.79 Å². The van der Waals surface area contributed by atoms with Gasteiger partial charge in [-0.2, -0.15) is 0 Å². The molecule has 0 aromatic carbocycles. The molecule has 2 atom stereocenters. The lowest BCUT2D eigenvalue weighted by atomic mass is 9.65. The molecule has 2 aliphatic rings. The monoisotopic (exact) mass is 306 g/mol. The van der Waals surface area contributed by atoms with E-state index in [2.05, 4.69) is 24.4 Å². The van der Waals surface area contributed by atoms with Crippen LogP contribution in [0, 0.1) is 17.8 Å². The van der Waals surface area contributed by atoms with Crippen LogP contribution >= 0.6 is 11.3 Å². The Bertz CT molecular complexity index is 459. The van der Waals surface area contributed by atoms with Gasteiger partial charge in [0.2, 0.25) is 5.91 Å². The first-order valence-corrected chi connectivity index (χ1v) is 9.13. The Kier molecular flexibility index (Phi) is 4.65. The molecule has 1 aromatic rings. The zero-order valence-corrected chi connectivity index (χ0v) is 13.6. The summed E-state index contributed by atoms with van der Waals surface area (Å²) in [6.07, 6.45) is 5.77. The van der Waals surface area contributed by atoms with Crippen LogP contribution in [0.5, 0.6) is 0 Å². The zero-order chi connectivity index (χ0) is 14.8. The third-order valence-corrected chi connectivity index (χ3v) is 6.24. The second-order valence-corrected chi connectivity index (χ2v) is 7.66. The van der Waals surface area contributed by atoms with Crippen molar-refractivity contribution in [3.05, 3.63) is 22.4 Å². The van der Waals surface area contributed by atoms with Crippen LogP contribution in [0.15, 0.2) is 17.5 Å². The molecule has 1 heterocycles. The first kappa shape index (κ1) is 15.0. The molecule has 0 aliphatic heterocycles. The third-order valence-electron chi connectivity index (χ3n) is 5.38. The number of nitrogens with zero attached hydrogens (tertiary/aromatic N) is 1. The lowest BCUT2D eigenvalue weighted by molar-refractivity contribution is -0.139. The number of thiophene rings is 1. The predicted octanol–water partition coefficient (Wildman–Crippen LogP) is 3.25. The van der Waals surface area contributed by atoms with Crippen LogP contribution < -0.4 is 5.73 Å². The summed E-state index contributed by atoms with van der Waals surface area (Å²) >= 11 is 1.73. The van der Waals surface area contributed by atoms with E-state index in [1.54, 1.807) is 11.3 Å².